The number of nitrogens with zero attached hydrogens (tertiary/aromatic N) is 1. The first-order valence-electron chi connectivity index (χ1n) is 21.3. The van der Waals surface area contributed by atoms with Gasteiger partial charge in [0.2, 0.25) is 0 Å². The van der Waals surface area contributed by atoms with Gasteiger partial charge in [-0.15, -0.1) is 11.8 Å². The van der Waals surface area contributed by atoms with E-state index in [-0.39, 0.29) is 11.3 Å². The number of carbonyl (C=O) groups is 1. The minimum absolute atomic E-state index is 0.0286. The minimum Gasteiger partial charge on any atom is -0.384 e. The summed E-state index contributed by atoms with van der Waals surface area (Å²) in [7, 11) is -10.9. The molecule has 1 amide bonds. The lowest BCUT2D eigenvalue weighted by molar-refractivity contribution is -0.0435. The summed E-state index contributed by atoms with van der Waals surface area (Å²) < 4.78 is 97.4. The molecule has 340 valence electrons. The Bertz CT molecular complexity index is 2410. The molecule has 0 bridgehead atoms. The van der Waals surface area contributed by atoms with Gasteiger partial charge in [-0.05, 0) is 150 Å². The summed E-state index contributed by atoms with van der Waals surface area (Å²) >= 11 is 7.56. The smallest absolute Gasteiger partial charge is 0.384 e. The Labute approximate surface area is 378 Å². The summed E-state index contributed by atoms with van der Waals surface area (Å²) in [6, 6.07) is 26.2. The average molecular weight is 947 g/mol. The van der Waals surface area contributed by atoms with Crippen molar-refractivity contribution < 1.29 is 34.8 Å². The number of sulfonamides is 1. The molecule has 63 heavy (non-hydrogen) atoms. The average Bonchev–Trinajstić information content (AvgIpc) is 3.58. The Kier molecular flexibility index (Phi) is 16.7. The number of nitrogens with one attached hydrogen (secondary N) is 4. The van der Waals surface area contributed by atoms with Crippen LogP contribution in [0.5, 0.6) is 0 Å². The van der Waals surface area contributed by atoms with Crippen molar-refractivity contribution in [3.8, 4) is 0 Å². The molecule has 1 aliphatic carbocycles. The van der Waals surface area contributed by atoms with Gasteiger partial charge in [0.15, 0.2) is 0 Å². The number of sulfone groups is 1. The maximum atomic E-state index is 14.2. The Morgan fingerprint density at radius 3 is 2.24 bits per heavy atom. The molecule has 1 heterocycles. The number of rotatable bonds is 20. The van der Waals surface area contributed by atoms with Crippen molar-refractivity contribution in [3.05, 3.63) is 119 Å². The predicted octanol–water partition coefficient (Wildman–Crippen LogP) is 10.0. The van der Waals surface area contributed by atoms with Gasteiger partial charge < -0.3 is 16.0 Å². The lowest BCUT2D eigenvalue weighted by Gasteiger charge is -2.27. The number of carbonyl (C=O) groups excluding carboxylic acids is 1. The van der Waals surface area contributed by atoms with E-state index >= 15 is 0 Å². The Hall–Kier alpha value is -4.06. The van der Waals surface area contributed by atoms with E-state index in [1.807, 2.05) is 47.2 Å². The third kappa shape index (κ3) is 13.0. The van der Waals surface area contributed by atoms with Crippen molar-refractivity contribution >= 4 is 66.1 Å². The van der Waals surface area contributed by atoms with Gasteiger partial charge in [-0.3, -0.25) is 9.69 Å². The lowest BCUT2D eigenvalue weighted by atomic mass is 9.87. The van der Waals surface area contributed by atoms with E-state index in [4.69, 9.17) is 11.6 Å². The number of halogens is 4. The van der Waals surface area contributed by atoms with Crippen LogP contribution >= 0.6 is 23.4 Å². The zero-order valence-electron chi connectivity index (χ0n) is 35.4. The fourth-order valence-corrected chi connectivity index (χ4v) is 11.3. The summed E-state index contributed by atoms with van der Waals surface area (Å²) in [5.74, 6) is -0.644. The van der Waals surface area contributed by atoms with Crippen LogP contribution in [0, 0.1) is 0 Å². The second-order valence-corrected chi connectivity index (χ2v) is 21.3. The maximum Gasteiger partial charge on any atom is 0.501 e. The summed E-state index contributed by atoms with van der Waals surface area (Å²) in [4.78, 5) is 14.4. The van der Waals surface area contributed by atoms with Crippen LogP contribution in [-0.2, 0) is 19.9 Å². The molecule has 17 heteroatoms. The van der Waals surface area contributed by atoms with Crippen molar-refractivity contribution in [2.75, 3.05) is 42.6 Å². The molecule has 2 aliphatic rings. The van der Waals surface area contributed by atoms with Crippen LogP contribution in [-0.4, -0.2) is 83.2 Å². The van der Waals surface area contributed by atoms with E-state index in [1.165, 1.54) is 40.6 Å². The number of allylic oxidation sites excluding steroid dienone is 1. The van der Waals surface area contributed by atoms with Crippen LogP contribution in [0.2, 0.25) is 5.02 Å². The molecule has 0 spiro atoms. The van der Waals surface area contributed by atoms with Gasteiger partial charge in [0.05, 0.1) is 10.6 Å². The number of hydrogen-bond donors (Lipinski definition) is 4. The maximum absolute atomic E-state index is 14.2. The van der Waals surface area contributed by atoms with Crippen LogP contribution in [0.25, 0.3) is 5.57 Å². The van der Waals surface area contributed by atoms with E-state index in [0.29, 0.717) is 60.5 Å². The van der Waals surface area contributed by atoms with Gasteiger partial charge in [-0.2, -0.15) is 13.2 Å². The third-order valence-electron chi connectivity index (χ3n) is 11.6. The van der Waals surface area contributed by atoms with E-state index in [2.05, 4.69) is 46.8 Å². The molecule has 4 aromatic rings. The van der Waals surface area contributed by atoms with Gasteiger partial charge in [0.1, 0.15) is 4.90 Å². The number of amides is 1. The van der Waals surface area contributed by atoms with E-state index < -0.39 is 47.1 Å². The molecule has 1 saturated heterocycles. The van der Waals surface area contributed by atoms with E-state index in [0.717, 1.165) is 68.6 Å². The van der Waals surface area contributed by atoms with Crippen molar-refractivity contribution in [1.29, 1.82) is 0 Å². The largest absolute Gasteiger partial charge is 0.501 e. The van der Waals surface area contributed by atoms with E-state index in [1.54, 1.807) is 12.1 Å². The first-order chi connectivity index (χ1) is 30.0. The molecular weight excluding hydrogens is 891 g/mol. The topological polar surface area (TPSA) is 137 Å². The molecule has 1 fully saturated rings. The van der Waals surface area contributed by atoms with Gasteiger partial charge >= 0.3 is 5.51 Å². The fourth-order valence-electron chi connectivity index (χ4n) is 8.15. The molecule has 1 aliphatic heterocycles. The first kappa shape index (κ1) is 48.4. The normalized spacial score (nSPS) is 18.0. The predicted molar refractivity (Wildman–Crippen MR) is 248 cm³/mol. The van der Waals surface area contributed by atoms with Gasteiger partial charge in [0.25, 0.3) is 25.8 Å². The number of alkyl halides is 3. The number of benzene rings is 4. The second-order valence-electron chi connectivity index (χ2n) is 16.1. The van der Waals surface area contributed by atoms with Crippen molar-refractivity contribution in [1.82, 2.24) is 14.9 Å². The van der Waals surface area contributed by atoms with Crippen LogP contribution in [0.15, 0.2) is 117 Å². The standard InChI is InChI=1S/C46H55ClF3N5O5S3/c1-32-14-15-33(2)55(32)28-8-10-39(31-61-40-11-4-3-5-12-40)53-43-25-24-41(29-44(43)62(57,58)46(48,49)50)63(59,60)54-45(56)35-18-22-38(23-19-35)52-27-26-51-30-36-9-6-7-13-42(36)34-16-20-37(47)21-17-34/h3-5,11-12,16-25,29,32-33,39,51-53H,6-10,13-15,26-28,30-31H2,1-2H3,(H,54,56)/t32-,33+,39-/m1/s1. The second kappa shape index (κ2) is 21.7. The molecule has 0 aromatic heterocycles. The third-order valence-corrected chi connectivity index (χ3v) is 15.9. The molecule has 4 N–H and O–H groups in total. The van der Waals surface area contributed by atoms with Crippen LogP contribution < -0.4 is 20.7 Å². The number of anilines is 2. The molecule has 10 nitrogen and oxygen atoms in total. The quantitative estimate of drug-likeness (QED) is 0.0501. The number of hydrogen-bond acceptors (Lipinski definition) is 10. The molecule has 4 aromatic carbocycles. The highest BCUT2D eigenvalue weighted by Crippen LogP contribution is 2.37. The molecule has 6 rings (SSSR count). The van der Waals surface area contributed by atoms with E-state index in [9.17, 15) is 34.8 Å². The Balaban J connectivity index is 1.10. The molecular formula is C46H55ClF3N5O5S3. The highest BCUT2D eigenvalue weighted by Gasteiger charge is 2.48. The summed E-state index contributed by atoms with van der Waals surface area (Å²) in [6.45, 7) is 7.08. The molecule has 0 saturated carbocycles. The van der Waals surface area contributed by atoms with Crippen LogP contribution in [0.3, 0.4) is 0 Å². The highest BCUT2D eigenvalue weighted by molar-refractivity contribution is 7.99. The molecule has 0 radical (unpaired) electrons. The van der Waals surface area contributed by atoms with Crippen molar-refractivity contribution in [3.63, 3.8) is 0 Å². The zero-order valence-corrected chi connectivity index (χ0v) is 38.6. The summed E-state index contributed by atoms with van der Waals surface area (Å²) in [5.41, 5.74) is -1.53. The monoisotopic (exact) mass is 945 g/mol. The molecule has 0 unspecified atom stereocenters. The summed E-state index contributed by atoms with van der Waals surface area (Å²) in [5, 5.41) is 10.5. The highest BCUT2D eigenvalue weighted by atomic mass is 35.5. The summed E-state index contributed by atoms with van der Waals surface area (Å²) in [6.07, 6.45) is 7.71. The lowest BCUT2D eigenvalue weighted by Crippen LogP contribution is -2.34. The number of likely N-dealkylation sites (tertiary alicyclic amines) is 1. The van der Waals surface area contributed by atoms with Crippen LogP contribution in [0.1, 0.15) is 81.1 Å². The van der Waals surface area contributed by atoms with Gasteiger partial charge in [-0.1, -0.05) is 47.5 Å². The number of thioether (sulfide) groups is 1. The first-order valence-corrected chi connectivity index (χ1v) is 25.6. The van der Waals surface area contributed by atoms with Crippen LogP contribution in [0.4, 0.5) is 24.5 Å². The molecule has 3 atom stereocenters. The van der Waals surface area contributed by atoms with Gasteiger partial charge in [0, 0.05) is 64.7 Å². The van der Waals surface area contributed by atoms with Gasteiger partial charge in [-0.25, -0.2) is 21.6 Å². The van der Waals surface area contributed by atoms with Crippen molar-refractivity contribution in [2.45, 2.75) is 104 Å². The fraction of sp³-hybridized carbons (Fsp3) is 0.413. The van der Waals surface area contributed by atoms with Crippen molar-refractivity contribution in [2.24, 2.45) is 0 Å². The minimum atomic E-state index is -6.04. The SMILES string of the molecule is C[C@@H]1CC[C@H](C)N1CCC[C@H](CSc1ccccc1)Nc1ccc(S(=O)(=O)NC(=O)c2ccc(NCCNCC3=C(c4ccc(Cl)cc4)CCCC3)cc2)cc1S(=O)(=O)C(F)(F)F. The Morgan fingerprint density at radius 1 is 0.873 bits per heavy atom. The zero-order chi connectivity index (χ0) is 45.2. The Morgan fingerprint density at radius 2 is 1.56 bits per heavy atom.